The molecule has 0 atom stereocenters. The molecule has 3 nitrogen and oxygen atoms in total. The molecule has 1 aromatic rings. The first kappa shape index (κ1) is 11.4. The summed E-state index contributed by atoms with van der Waals surface area (Å²) in [5.41, 5.74) is 1.23. The summed E-state index contributed by atoms with van der Waals surface area (Å²) < 4.78 is 6.15. The first-order valence-electron chi connectivity index (χ1n) is 5.31. The first-order chi connectivity index (χ1) is 7.79. The van der Waals surface area contributed by atoms with Crippen molar-refractivity contribution in [1.82, 2.24) is 5.32 Å². The summed E-state index contributed by atoms with van der Waals surface area (Å²) in [5.74, 6) is 0.719. The highest BCUT2D eigenvalue weighted by atomic mass is 79.9. The summed E-state index contributed by atoms with van der Waals surface area (Å²) in [6.45, 7) is 0.972. The molecular weight excluding hydrogens is 268 g/mol. The van der Waals surface area contributed by atoms with Gasteiger partial charge >= 0.3 is 0 Å². The molecule has 1 aliphatic rings. The Morgan fingerprint density at radius 3 is 2.94 bits per heavy atom. The highest BCUT2D eigenvalue weighted by molar-refractivity contribution is 9.10. The van der Waals surface area contributed by atoms with Crippen LogP contribution >= 0.6 is 15.9 Å². The van der Waals surface area contributed by atoms with E-state index in [1.165, 1.54) is 18.4 Å². The predicted molar refractivity (Wildman–Crippen MR) is 65.1 cm³/mol. The molecule has 84 valence electrons. The summed E-state index contributed by atoms with van der Waals surface area (Å²) in [4.78, 5) is 0. The van der Waals surface area contributed by atoms with Gasteiger partial charge in [0.15, 0.2) is 6.61 Å². The molecule has 4 heteroatoms. The van der Waals surface area contributed by atoms with Gasteiger partial charge < -0.3 is 10.1 Å². The van der Waals surface area contributed by atoms with Crippen LogP contribution in [0.4, 0.5) is 0 Å². The molecule has 2 rings (SSSR count). The van der Waals surface area contributed by atoms with Crippen molar-refractivity contribution in [3.8, 4) is 11.8 Å². The average molecular weight is 281 g/mol. The van der Waals surface area contributed by atoms with E-state index in [9.17, 15) is 0 Å². The molecule has 0 unspecified atom stereocenters. The summed E-state index contributed by atoms with van der Waals surface area (Å²) in [7, 11) is 0. The quantitative estimate of drug-likeness (QED) is 0.902. The molecule has 0 aliphatic heterocycles. The Kier molecular flexibility index (Phi) is 3.81. The van der Waals surface area contributed by atoms with Crippen molar-refractivity contribution in [3.63, 3.8) is 0 Å². The van der Waals surface area contributed by atoms with E-state index in [-0.39, 0.29) is 6.61 Å². The Balaban J connectivity index is 1.94. The molecule has 1 aliphatic carbocycles. The molecule has 0 radical (unpaired) electrons. The van der Waals surface area contributed by atoms with Crippen LogP contribution in [0.15, 0.2) is 22.7 Å². The van der Waals surface area contributed by atoms with E-state index in [0.717, 1.165) is 16.8 Å². The molecule has 0 amide bonds. The molecule has 1 saturated carbocycles. The molecule has 0 saturated heterocycles. The zero-order valence-corrected chi connectivity index (χ0v) is 10.5. The van der Waals surface area contributed by atoms with Gasteiger partial charge in [-0.05, 0) is 46.5 Å². The maximum Gasteiger partial charge on any atom is 0.174 e. The van der Waals surface area contributed by atoms with E-state index in [0.29, 0.717) is 6.04 Å². The zero-order chi connectivity index (χ0) is 11.4. The molecule has 16 heavy (non-hydrogen) atoms. The van der Waals surface area contributed by atoms with Crippen LogP contribution in [0.5, 0.6) is 5.75 Å². The zero-order valence-electron chi connectivity index (χ0n) is 8.87. The van der Waals surface area contributed by atoms with E-state index in [4.69, 9.17) is 10.00 Å². The maximum atomic E-state index is 8.42. The molecular formula is C12H13BrN2O. The number of nitrogens with one attached hydrogen (secondary N) is 1. The molecule has 1 N–H and O–H groups in total. The second-order valence-electron chi connectivity index (χ2n) is 3.87. The number of nitriles is 1. The lowest BCUT2D eigenvalue weighted by molar-refractivity contribution is 0.365. The predicted octanol–water partition coefficient (Wildman–Crippen LogP) is 2.60. The van der Waals surface area contributed by atoms with Gasteiger partial charge in [-0.15, -0.1) is 0 Å². The summed E-state index contributed by atoms with van der Waals surface area (Å²) in [6, 6.07) is 8.61. The minimum absolute atomic E-state index is 0.0816. The van der Waals surface area contributed by atoms with Crippen LogP contribution in [0, 0.1) is 11.3 Å². The Labute approximate surface area is 104 Å². The standard InChI is InChI=1S/C12H13BrN2O/c13-11-7-9(8-15-10-2-3-10)1-4-12(11)16-6-5-14/h1,4,7,10,15H,2-3,6,8H2. The van der Waals surface area contributed by atoms with Crippen molar-refractivity contribution in [2.24, 2.45) is 0 Å². The average Bonchev–Trinajstić information content (AvgIpc) is 3.09. The third kappa shape index (κ3) is 3.22. The number of ether oxygens (including phenoxy) is 1. The Morgan fingerprint density at radius 1 is 1.50 bits per heavy atom. The van der Waals surface area contributed by atoms with Crippen molar-refractivity contribution in [1.29, 1.82) is 5.26 Å². The van der Waals surface area contributed by atoms with E-state index < -0.39 is 0 Å². The third-order valence-corrected chi connectivity index (χ3v) is 3.08. The van der Waals surface area contributed by atoms with E-state index >= 15 is 0 Å². The fourth-order valence-corrected chi connectivity index (χ4v) is 1.97. The topological polar surface area (TPSA) is 45.0 Å². The minimum atomic E-state index is 0.0816. The highest BCUT2D eigenvalue weighted by Crippen LogP contribution is 2.26. The van der Waals surface area contributed by atoms with Crippen LogP contribution in [0.2, 0.25) is 0 Å². The SMILES string of the molecule is N#CCOc1ccc(CNC2CC2)cc1Br. The van der Waals surface area contributed by atoms with Gasteiger partial charge in [-0.2, -0.15) is 5.26 Å². The van der Waals surface area contributed by atoms with E-state index in [1.54, 1.807) is 0 Å². The van der Waals surface area contributed by atoms with Crippen molar-refractivity contribution in [2.75, 3.05) is 6.61 Å². The van der Waals surface area contributed by atoms with E-state index in [2.05, 4.69) is 21.2 Å². The molecule has 0 spiro atoms. The van der Waals surface area contributed by atoms with Gasteiger partial charge in [0.2, 0.25) is 0 Å². The van der Waals surface area contributed by atoms with Crippen LogP contribution in [0.25, 0.3) is 0 Å². The second-order valence-corrected chi connectivity index (χ2v) is 4.72. The second kappa shape index (κ2) is 5.33. The highest BCUT2D eigenvalue weighted by Gasteiger charge is 2.19. The molecule has 1 aromatic carbocycles. The lowest BCUT2D eigenvalue weighted by atomic mass is 10.2. The van der Waals surface area contributed by atoms with E-state index in [1.807, 2.05) is 24.3 Å². The van der Waals surface area contributed by atoms with Gasteiger partial charge in [-0.3, -0.25) is 0 Å². The van der Waals surface area contributed by atoms with Gasteiger partial charge in [-0.1, -0.05) is 6.07 Å². The molecule has 0 heterocycles. The number of nitrogens with zero attached hydrogens (tertiary/aromatic N) is 1. The number of halogens is 1. The van der Waals surface area contributed by atoms with Crippen LogP contribution in [-0.2, 0) is 6.54 Å². The van der Waals surface area contributed by atoms with Crippen LogP contribution in [0.3, 0.4) is 0 Å². The fourth-order valence-electron chi connectivity index (χ4n) is 1.43. The molecule has 0 aromatic heterocycles. The Morgan fingerprint density at radius 2 is 2.31 bits per heavy atom. The summed E-state index contributed by atoms with van der Waals surface area (Å²) >= 11 is 3.44. The van der Waals surface area contributed by atoms with Gasteiger partial charge in [-0.25, -0.2) is 0 Å². The largest absolute Gasteiger partial charge is 0.478 e. The number of hydrogen-bond donors (Lipinski definition) is 1. The normalized spacial score (nSPS) is 14.5. The van der Waals surface area contributed by atoms with Gasteiger partial charge in [0.05, 0.1) is 4.47 Å². The van der Waals surface area contributed by atoms with Crippen LogP contribution in [-0.4, -0.2) is 12.6 Å². The lowest BCUT2D eigenvalue weighted by Gasteiger charge is -2.07. The molecule has 0 bridgehead atoms. The number of benzene rings is 1. The third-order valence-electron chi connectivity index (χ3n) is 2.46. The van der Waals surface area contributed by atoms with Gasteiger partial charge in [0, 0.05) is 12.6 Å². The Hall–Kier alpha value is -1.05. The van der Waals surface area contributed by atoms with Gasteiger partial charge in [0.25, 0.3) is 0 Å². The summed E-state index contributed by atoms with van der Waals surface area (Å²) in [6.07, 6.45) is 2.59. The van der Waals surface area contributed by atoms with Crippen molar-refractivity contribution in [3.05, 3.63) is 28.2 Å². The van der Waals surface area contributed by atoms with Gasteiger partial charge in [0.1, 0.15) is 11.8 Å². The number of hydrogen-bond acceptors (Lipinski definition) is 3. The monoisotopic (exact) mass is 280 g/mol. The Bertz CT molecular complexity index is 410. The van der Waals surface area contributed by atoms with Crippen molar-refractivity contribution in [2.45, 2.75) is 25.4 Å². The molecule has 1 fully saturated rings. The van der Waals surface area contributed by atoms with Crippen LogP contribution < -0.4 is 10.1 Å². The smallest absolute Gasteiger partial charge is 0.174 e. The van der Waals surface area contributed by atoms with Crippen molar-refractivity contribution >= 4 is 15.9 Å². The minimum Gasteiger partial charge on any atom is -0.478 e. The maximum absolute atomic E-state index is 8.42. The summed E-state index contributed by atoms with van der Waals surface area (Å²) in [5, 5.41) is 11.9. The van der Waals surface area contributed by atoms with Crippen LogP contribution in [0.1, 0.15) is 18.4 Å². The fraction of sp³-hybridized carbons (Fsp3) is 0.417. The van der Waals surface area contributed by atoms with Crippen molar-refractivity contribution < 1.29 is 4.74 Å². The first-order valence-corrected chi connectivity index (χ1v) is 6.10. The lowest BCUT2D eigenvalue weighted by Crippen LogP contribution is -2.15. The number of rotatable bonds is 5.